The van der Waals surface area contributed by atoms with Crippen LogP contribution in [0.2, 0.25) is 0 Å². The lowest BCUT2D eigenvalue weighted by atomic mass is 9.90. The van der Waals surface area contributed by atoms with Gasteiger partial charge in [-0.05, 0) is 55.1 Å². The summed E-state index contributed by atoms with van der Waals surface area (Å²) in [6.45, 7) is 6.61. The predicted octanol–water partition coefficient (Wildman–Crippen LogP) is 4.15. The van der Waals surface area contributed by atoms with Crippen LogP contribution in [0.1, 0.15) is 56.9 Å². The quantitative estimate of drug-likeness (QED) is 0.803. The molecule has 2 fully saturated rings. The van der Waals surface area contributed by atoms with Crippen molar-refractivity contribution < 1.29 is 4.79 Å². The van der Waals surface area contributed by atoms with Crippen LogP contribution in [0.5, 0.6) is 0 Å². The minimum atomic E-state index is 0. The fraction of sp³-hybridized carbons (Fsp3) is 0.722. The van der Waals surface area contributed by atoms with E-state index in [0.29, 0.717) is 17.2 Å². The molecule has 1 saturated heterocycles. The third-order valence-electron chi connectivity index (χ3n) is 5.77. The van der Waals surface area contributed by atoms with E-state index in [1.54, 1.807) is 11.3 Å². The van der Waals surface area contributed by atoms with E-state index in [1.165, 1.54) is 17.7 Å². The second-order valence-corrected chi connectivity index (χ2v) is 7.93. The Bertz CT molecular complexity index is 495. The normalized spacial score (nSPS) is 23.3. The molecule has 3 rings (SSSR count). The average Bonchev–Trinajstić information content (AvgIpc) is 2.99. The zero-order valence-electron chi connectivity index (χ0n) is 14.1. The Hall–Kier alpha value is -0.580. The Labute approximate surface area is 150 Å². The van der Waals surface area contributed by atoms with Gasteiger partial charge in [0.1, 0.15) is 0 Å². The van der Waals surface area contributed by atoms with Crippen molar-refractivity contribution in [2.24, 2.45) is 17.3 Å². The first-order valence-corrected chi connectivity index (χ1v) is 9.62. The summed E-state index contributed by atoms with van der Waals surface area (Å²) in [5.41, 5.74) is 0.323. The molecular weight excluding hydrogens is 328 g/mol. The fourth-order valence-corrected chi connectivity index (χ4v) is 4.97. The number of carbonyl (C=O) groups is 1. The highest BCUT2D eigenvalue weighted by Crippen LogP contribution is 2.58. The Kier molecular flexibility index (Phi) is 6.52. The van der Waals surface area contributed by atoms with E-state index in [1.807, 2.05) is 0 Å². The van der Waals surface area contributed by atoms with Crippen LogP contribution in [-0.4, -0.2) is 19.0 Å². The minimum absolute atomic E-state index is 0. The van der Waals surface area contributed by atoms with Gasteiger partial charge in [0.15, 0.2) is 0 Å². The maximum Gasteiger partial charge on any atom is 0.224 e. The summed E-state index contributed by atoms with van der Waals surface area (Å²) < 4.78 is 0. The molecule has 2 unspecified atom stereocenters. The van der Waals surface area contributed by atoms with Crippen LogP contribution in [0.25, 0.3) is 0 Å². The maximum absolute atomic E-state index is 12.8. The van der Waals surface area contributed by atoms with Gasteiger partial charge in [-0.15, -0.1) is 23.7 Å². The van der Waals surface area contributed by atoms with Gasteiger partial charge in [-0.1, -0.05) is 32.8 Å². The maximum atomic E-state index is 12.8. The third-order valence-corrected chi connectivity index (χ3v) is 6.73. The molecule has 1 spiro atoms. The van der Waals surface area contributed by atoms with E-state index in [0.717, 1.165) is 32.4 Å². The molecule has 1 saturated carbocycles. The standard InChI is InChI=1S/C18H28N2OS.ClH/c1-3-13(4-2)16(15-6-5-11-22-15)20-17(21)14-12-18(14)7-9-19-10-8-18;/h5-6,11,13-14,16,19H,3-4,7-10,12H2,1-2H3,(H,20,21);1H. The molecule has 0 radical (unpaired) electrons. The van der Waals surface area contributed by atoms with E-state index in [4.69, 9.17) is 0 Å². The molecule has 1 aliphatic heterocycles. The Morgan fingerprint density at radius 3 is 2.65 bits per heavy atom. The summed E-state index contributed by atoms with van der Waals surface area (Å²) in [5, 5.41) is 8.93. The van der Waals surface area contributed by atoms with E-state index >= 15 is 0 Å². The zero-order chi connectivity index (χ0) is 15.6. The van der Waals surface area contributed by atoms with Crippen molar-refractivity contribution >= 4 is 29.7 Å². The summed E-state index contributed by atoms with van der Waals surface area (Å²) >= 11 is 1.77. The number of halogens is 1. The lowest BCUT2D eigenvalue weighted by Crippen LogP contribution is -2.37. The molecule has 2 aliphatic rings. The summed E-state index contributed by atoms with van der Waals surface area (Å²) in [5.74, 6) is 1.09. The largest absolute Gasteiger partial charge is 0.348 e. The van der Waals surface area contributed by atoms with Crippen LogP contribution in [0.15, 0.2) is 17.5 Å². The number of hydrogen-bond donors (Lipinski definition) is 2. The second-order valence-electron chi connectivity index (χ2n) is 6.95. The van der Waals surface area contributed by atoms with Crippen LogP contribution in [-0.2, 0) is 4.79 Å². The van der Waals surface area contributed by atoms with Gasteiger partial charge in [-0.2, -0.15) is 0 Å². The van der Waals surface area contributed by atoms with Gasteiger partial charge in [-0.3, -0.25) is 4.79 Å². The molecule has 0 bridgehead atoms. The van der Waals surface area contributed by atoms with Gasteiger partial charge < -0.3 is 10.6 Å². The first kappa shape index (κ1) is 18.8. The monoisotopic (exact) mass is 356 g/mol. The van der Waals surface area contributed by atoms with E-state index in [2.05, 4.69) is 42.0 Å². The van der Waals surface area contributed by atoms with Crippen molar-refractivity contribution in [1.29, 1.82) is 0 Å². The number of nitrogens with one attached hydrogen (secondary N) is 2. The molecule has 1 aromatic rings. The fourth-order valence-electron chi connectivity index (χ4n) is 4.10. The van der Waals surface area contributed by atoms with E-state index in [9.17, 15) is 4.79 Å². The van der Waals surface area contributed by atoms with E-state index in [-0.39, 0.29) is 24.4 Å². The topological polar surface area (TPSA) is 41.1 Å². The van der Waals surface area contributed by atoms with Crippen molar-refractivity contribution in [3.8, 4) is 0 Å². The summed E-state index contributed by atoms with van der Waals surface area (Å²) in [6, 6.07) is 4.45. The number of hydrogen-bond acceptors (Lipinski definition) is 3. The highest BCUT2D eigenvalue weighted by Gasteiger charge is 2.57. The molecule has 1 amide bonds. The highest BCUT2D eigenvalue weighted by molar-refractivity contribution is 7.10. The van der Waals surface area contributed by atoms with Crippen molar-refractivity contribution in [2.45, 2.75) is 52.0 Å². The SMILES string of the molecule is CCC(CC)C(NC(=O)C1CC12CCNCC2)c1cccs1.Cl. The number of thiophene rings is 1. The molecule has 3 nitrogen and oxygen atoms in total. The molecule has 2 atom stereocenters. The van der Waals surface area contributed by atoms with Crippen LogP contribution < -0.4 is 10.6 Å². The van der Waals surface area contributed by atoms with Crippen molar-refractivity contribution in [3.63, 3.8) is 0 Å². The molecular formula is C18H29ClN2OS. The van der Waals surface area contributed by atoms with Crippen LogP contribution in [0.3, 0.4) is 0 Å². The Morgan fingerprint density at radius 2 is 2.09 bits per heavy atom. The first-order valence-electron chi connectivity index (χ1n) is 8.74. The lowest BCUT2D eigenvalue weighted by molar-refractivity contribution is -0.124. The molecule has 2 heterocycles. The second kappa shape index (κ2) is 8.00. The molecule has 2 N–H and O–H groups in total. The number of rotatable bonds is 6. The van der Waals surface area contributed by atoms with Gasteiger partial charge in [-0.25, -0.2) is 0 Å². The van der Waals surface area contributed by atoms with Crippen molar-refractivity contribution in [1.82, 2.24) is 10.6 Å². The van der Waals surface area contributed by atoms with Gasteiger partial charge in [0.2, 0.25) is 5.91 Å². The minimum Gasteiger partial charge on any atom is -0.348 e. The molecule has 5 heteroatoms. The number of piperidine rings is 1. The van der Waals surface area contributed by atoms with Gasteiger partial charge in [0.05, 0.1) is 6.04 Å². The Morgan fingerprint density at radius 1 is 1.39 bits per heavy atom. The highest BCUT2D eigenvalue weighted by atomic mass is 35.5. The molecule has 0 aromatic carbocycles. The smallest absolute Gasteiger partial charge is 0.224 e. The average molecular weight is 357 g/mol. The number of amides is 1. The zero-order valence-corrected chi connectivity index (χ0v) is 15.8. The molecule has 1 aliphatic carbocycles. The Balaban J connectivity index is 0.00000192. The number of carbonyl (C=O) groups excluding carboxylic acids is 1. The lowest BCUT2D eigenvalue weighted by Gasteiger charge is -2.27. The molecule has 1 aromatic heterocycles. The van der Waals surface area contributed by atoms with Gasteiger partial charge in [0.25, 0.3) is 0 Å². The summed E-state index contributed by atoms with van der Waals surface area (Å²) in [4.78, 5) is 14.1. The van der Waals surface area contributed by atoms with Crippen LogP contribution >= 0.6 is 23.7 Å². The molecule has 23 heavy (non-hydrogen) atoms. The van der Waals surface area contributed by atoms with Crippen molar-refractivity contribution in [2.75, 3.05) is 13.1 Å². The van der Waals surface area contributed by atoms with Crippen molar-refractivity contribution in [3.05, 3.63) is 22.4 Å². The molecule has 130 valence electrons. The first-order chi connectivity index (χ1) is 10.7. The van der Waals surface area contributed by atoms with Crippen LogP contribution in [0.4, 0.5) is 0 Å². The predicted molar refractivity (Wildman–Crippen MR) is 99.2 cm³/mol. The van der Waals surface area contributed by atoms with Crippen LogP contribution in [0, 0.1) is 17.3 Å². The summed E-state index contributed by atoms with van der Waals surface area (Å²) in [7, 11) is 0. The van der Waals surface area contributed by atoms with Gasteiger partial charge in [0, 0.05) is 10.8 Å². The van der Waals surface area contributed by atoms with Gasteiger partial charge >= 0.3 is 0 Å². The van der Waals surface area contributed by atoms with E-state index < -0.39 is 0 Å². The summed E-state index contributed by atoms with van der Waals surface area (Å²) in [6.07, 6.45) is 5.65. The third kappa shape index (κ3) is 3.92.